The third kappa shape index (κ3) is 3.56. The number of aromatic nitrogens is 3. The number of carbonyl (C=O) groups is 1. The van der Waals surface area contributed by atoms with Gasteiger partial charge < -0.3 is 10.4 Å². The lowest BCUT2D eigenvalue weighted by Crippen LogP contribution is -2.00. The lowest BCUT2D eigenvalue weighted by atomic mass is 10.2. The maximum atomic E-state index is 10.4. The van der Waals surface area contributed by atoms with Crippen LogP contribution in [0.2, 0.25) is 0 Å². The summed E-state index contributed by atoms with van der Waals surface area (Å²) < 4.78 is 1.75. The van der Waals surface area contributed by atoms with E-state index in [1.807, 2.05) is 18.6 Å². The molecule has 2 heterocycles. The third-order valence-corrected chi connectivity index (χ3v) is 3.20. The van der Waals surface area contributed by atoms with E-state index in [4.69, 9.17) is 5.11 Å². The van der Waals surface area contributed by atoms with Gasteiger partial charge in [0.05, 0.1) is 18.3 Å². The van der Waals surface area contributed by atoms with Crippen LogP contribution >= 0.6 is 11.3 Å². The summed E-state index contributed by atoms with van der Waals surface area (Å²) in [7, 11) is 1.87. The first-order valence-corrected chi connectivity index (χ1v) is 6.39. The normalized spacial score (nSPS) is 10.5. The van der Waals surface area contributed by atoms with Crippen molar-refractivity contribution < 1.29 is 9.90 Å². The lowest BCUT2D eigenvalue weighted by Gasteiger charge is -1.98. The van der Waals surface area contributed by atoms with E-state index in [9.17, 15) is 4.79 Å². The topological polar surface area (TPSA) is 80.0 Å². The molecule has 2 N–H and O–H groups in total. The Labute approximate surface area is 108 Å². The van der Waals surface area contributed by atoms with Crippen LogP contribution in [0.15, 0.2) is 17.8 Å². The van der Waals surface area contributed by atoms with Gasteiger partial charge in [-0.25, -0.2) is 4.98 Å². The minimum atomic E-state index is -0.798. The SMILES string of the molecule is Cn1cc(CNc2nc(CCC(=O)O)cs2)cn1. The summed E-state index contributed by atoms with van der Waals surface area (Å²) in [6, 6.07) is 0. The Kier molecular flexibility index (Phi) is 3.93. The average molecular weight is 266 g/mol. The quantitative estimate of drug-likeness (QED) is 0.828. The molecular weight excluding hydrogens is 252 g/mol. The lowest BCUT2D eigenvalue weighted by molar-refractivity contribution is -0.136. The first-order chi connectivity index (χ1) is 8.63. The number of aryl methyl sites for hydroxylation is 2. The molecule has 0 amide bonds. The molecule has 0 radical (unpaired) electrons. The maximum absolute atomic E-state index is 10.4. The van der Waals surface area contributed by atoms with Gasteiger partial charge in [0.25, 0.3) is 0 Å². The van der Waals surface area contributed by atoms with Crippen LogP contribution < -0.4 is 5.32 Å². The molecule has 0 saturated carbocycles. The predicted octanol–water partition coefficient (Wildman–Crippen LogP) is 1.51. The van der Waals surface area contributed by atoms with Gasteiger partial charge in [0.1, 0.15) is 0 Å². The van der Waals surface area contributed by atoms with Crippen LogP contribution in [0, 0.1) is 0 Å². The number of aliphatic carboxylic acids is 1. The zero-order valence-corrected chi connectivity index (χ0v) is 10.8. The van der Waals surface area contributed by atoms with E-state index in [-0.39, 0.29) is 6.42 Å². The van der Waals surface area contributed by atoms with Crippen molar-refractivity contribution in [3.63, 3.8) is 0 Å². The van der Waals surface area contributed by atoms with E-state index in [2.05, 4.69) is 15.4 Å². The molecule has 0 aliphatic heterocycles. The van der Waals surface area contributed by atoms with Gasteiger partial charge >= 0.3 is 5.97 Å². The van der Waals surface area contributed by atoms with Gasteiger partial charge in [-0.15, -0.1) is 11.3 Å². The summed E-state index contributed by atoms with van der Waals surface area (Å²) in [6.45, 7) is 0.666. The second kappa shape index (κ2) is 5.63. The molecule has 0 aliphatic rings. The van der Waals surface area contributed by atoms with Crippen LogP contribution in [0.25, 0.3) is 0 Å². The van der Waals surface area contributed by atoms with E-state index in [1.54, 1.807) is 10.9 Å². The van der Waals surface area contributed by atoms with Gasteiger partial charge in [-0.3, -0.25) is 9.48 Å². The van der Waals surface area contributed by atoms with Gasteiger partial charge in [-0.1, -0.05) is 0 Å². The number of rotatable bonds is 6. The number of nitrogens with zero attached hydrogens (tertiary/aromatic N) is 3. The van der Waals surface area contributed by atoms with E-state index in [0.717, 1.165) is 16.4 Å². The summed E-state index contributed by atoms with van der Waals surface area (Å²) >= 11 is 1.48. The Hall–Kier alpha value is -1.89. The Morgan fingerprint density at radius 1 is 1.61 bits per heavy atom. The first kappa shape index (κ1) is 12.6. The van der Waals surface area contributed by atoms with Crippen molar-refractivity contribution in [1.82, 2.24) is 14.8 Å². The summed E-state index contributed by atoms with van der Waals surface area (Å²) in [5, 5.41) is 18.5. The van der Waals surface area contributed by atoms with Crippen LogP contribution in [0.4, 0.5) is 5.13 Å². The van der Waals surface area contributed by atoms with E-state index in [0.29, 0.717) is 13.0 Å². The highest BCUT2D eigenvalue weighted by atomic mass is 32.1. The molecule has 0 bridgehead atoms. The van der Waals surface area contributed by atoms with Gasteiger partial charge in [0, 0.05) is 37.2 Å². The van der Waals surface area contributed by atoms with Gasteiger partial charge in [0.2, 0.25) is 0 Å². The molecule has 2 aromatic rings. The molecule has 0 aromatic carbocycles. The zero-order valence-electron chi connectivity index (χ0n) is 9.96. The zero-order chi connectivity index (χ0) is 13.0. The van der Waals surface area contributed by atoms with Crippen LogP contribution in [0.5, 0.6) is 0 Å². The van der Waals surface area contributed by atoms with Crippen molar-refractivity contribution in [3.05, 3.63) is 29.0 Å². The second-order valence-electron chi connectivity index (χ2n) is 3.91. The largest absolute Gasteiger partial charge is 0.481 e. The van der Waals surface area contributed by atoms with Crippen LogP contribution in [-0.4, -0.2) is 25.8 Å². The highest BCUT2D eigenvalue weighted by Crippen LogP contribution is 2.17. The summed E-state index contributed by atoms with van der Waals surface area (Å²) in [6.07, 6.45) is 4.32. The fourth-order valence-electron chi connectivity index (χ4n) is 1.48. The van der Waals surface area contributed by atoms with Gasteiger partial charge in [-0.05, 0) is 0 Å². The molecule has 2 aromatic heterocycles. The van der Waals surface area contributed by atoms with Crippen molar-refractivity contribution in [2.24, 2.45) is 7.05 Å². The Balaban J connectivity index is 1.84. The number of thiazole rings is 1. The Bertz CT molecular complexity index is 535. The number of carboxylic acid groups (broad SMARTS) is 1. The summed E-state index contributed by atoms with van der Waals surface area (Å²) in [4.78, 5) is 14.8. The van der Waals surface area contributed by atoms with Crippen molar-refractivity contribution in [2.75, 3.05) is 5.32 Å². The second-order valence-corrected chi connectivity index (χ2v) is 4.77. The van der Waals surface area contributed by atoms with Gasteiger partial charge in [0.15, 0.2) is 5.13 Å². The van der Waals surface area contributed by atoms with Crippen LogP contribution in [-0.2, 0) is 24.8 Å². The number of anilines is 1. The monoisotopic (exact) mass is 266 g/mol. The molecule has 96 valence electrons. The van der Waals surface area contributed by atoms with E-state index in [1.165, 1.54) is 11.3 Å². The first-order valence-electron chi connectivity index (χ1n) is 5.51. The van der Waals surface area contributed by atoms with E-state index >= 15 is 0 Å². The molecule has 18 heavy (non-hydrogen) atoms. The molecule has 0 spiro atoms. The average Bonchev–Trinajstić information content (AvgIpc) is 2.93. The summed E-state index contributed by atoms with van der Waals surface area (Å²) in [5.41, 5.74) is 1.90. The van der Waals surface area contributed by atoms with Crippen molar-refractivity contribution in [3.8, 4) is 0 Å². The van der Waals surface area contributed by atoms with E-state index < -0.39 is 5.97 Å². The van der Waals surface area contributed by atoms with Crippen molar-refractivity contribution >= 4 is 22.4 Å². The molecule has 0 aliphatic carbocycles. The number of hydrogen-bond donors (Lipinski definition) is 2. The maximum Gasteiger partial charge on any atom is 0.303 e. The molecule has 6 nitrogen and oxygen atoms in total. The molecule has 0 saturated heterocycles. The minimum absolute atomic E-state index is 0.117. The molecule has 0 unspecified atom stereocenters. The molecule has 2 rings (SSSR count). The highest BCUT2D eigenvalue weighted by Gasteiger charge is 2.04. The highest BCUT2D eigenvalue weighted by molar-refractivity contribution is 7.13. The summed E-state index contributed by atoms with van der Waals surface area (Å²) in [5.74, 6) is -0.798. The number of carboxylic acids is 1. The fraction of sp³-hybridized carbons (Fsp3) is 0.364. The predicted molar refractivity (Wildman–Crippen MR) is 68.6 cm³/mol. The number of hydrogen-bond acceptors (Lipinski definition) is 5. The van der Waals surface area contributed by atoms with Crippen LogP contribution in [0.3, 0.4) is 0 Å². The molecular formula is C11H14N4O2S. The molecule has 7 heteroatoms. The smallest absolute Gasteiger partial charge is 0.303 e. The van der Waals surface area contributed by atoms with Crippen LogP contribution in [0.1, 0.15) is 17.7 Å². The molecule has 0 fully saturated rings. The minimum Gasteiger partial charge on any atom is -0.481 e. The fourth-order valence-corrected chi connectivity index (χ4v) is 2.22. The van der Waals surface area contributed by atoms with Crippen molar-refractivity contribution in [2.45, 2.75) is 19.4 Å². The Morgan fingerprint density at radius 3 is 3.11 bits per heavy atom. The molecule has 0 atom stereocenters. The van der Waals surface area contributed by atoms with Crippen molar-refractivity contribution in [1.29, 1.82) is 0 Å². The van der Waals surface area contributed by atoms with Gasteiger partial charge in [-0.2, -0.15) is 5.10 Å². The number of nitrogens with one attached hydrogen (secondary N) is 1. The third-order valence-electron chi connectivity index (χ3n) is 2.35. The Morgan fingerprint density at radius 2 is 2.44 bits per heavy atom. The standard InChI is InChI=1S/C11H14N4O2S/c1-15-6-8(5-13-15)4-12-11-14-9(7-18-11)2-3-10(16)17/h5-7H,2-4H2,1H3,(H,12,14)(H,16,17).